The Hall–Kier alpha value is -2.44. The number of carbonyl (C=O) groups excluding carboxylic acids is 2. The zero-order valence-electron chi connectivity index (χ0n) is 15.2. The average molecular weight is 435 g/mol. The number of nitrogens with zero attached hydrogens (tertiary/aromatic N) is 1. The fourth-order valence-corrected chi connectivity index (χ4v) is 4.89. The number of fused-ring (bicyclic) bond motifs is 3. The Labute approximate surface area is 164 Å². The Kier molecular flexibility index (Phi) is 5.45. The summed E-state index contributed by atoms with van der Waals surface area (Å²) in [5.74, 6) is -1.60. The molecule has 1 aromatic rings. The van der Waals surface area contributed by atoms with Gasteiger partial charge in [0.05, 0.1) is 44.9 Å². The van der Waals surface area contributed by atoms with Crippen molar-refractivity contribution in [1.29, 1.82) is 0 Å². The molecule has 8 nitrogen and oxygen atoms in total. The summed E-state index contributed by atoms with van der Waals surface area (Å²) in [5.41, 5.74) is -0.835. The van der Waals surface area contributed by atoms with Gasteiger partial charge in [-0.1, -0.05) is 0 Å². The summed E-state index contributed by atoms with van der Waals surface area (Å²) in [6.45, 7) is -0.336. The summed E-state index contributed by atoms with van der Waals surface area (Å²) < 4.78 is 79.7. The van der Waals surface area contributed by atoms with E-state index in [1.165, 1.54) is 0 Å². The predicted molar refractivity (Wildman–Crippen MR) is 91.3 cm³/mol. The lowest BCUT2D eigenvalue weighted by atomic mass is 9.92. The van der Waals surface area contributed by atoms with Crippen LogP contribution >= 0.6 is 0 Å². The largest absolute Gasteiger partial charge is 0.469 e. The van der Waals surface area contributed by atoms with E-state index >= 15 is 0 Å². The standard InChI is InChI=1S/C17H16F3NO7S/c1-26-14(22)4-3-9-5-10(17(18,19)20)6-11-12(7-15(23)27-2)21-13(16(9)11)8-28-29(21,24)25/h3-6,12-13H,7-8H2,1-2H3/b4-3+/t12-,13?/m0/s1. The van der Waals surface area contributed by atoms with E-state index in [2.05, 4.69) is 9.47 Å². The first-order valence-electron chi connectivity index (χ1n) is 8.25. The molecule has 2 heterocycles. The molecule has 158 valence electrons. The van der Waals surface area contributed by atoms with Gasteiger partial charge in [-0.25, -0.2) is 4.79 Å². The Morgan fingerprint density at radius 3 is 2.55 bits per heavy atom. The Morgan fingerprint density at radius 1 is 1.28 bits per heavy atom. The molecule has 1 fully saturated rings. The third-order valence-corrected chi connectivity index (χ3v) is 6.16. The maximum absolute atomic E-state index is 13.4. The SMILES string of the molecule is COC(=O)/C=C/c1cc(C(F)(F)F)cc2c1C1COS(=O)(=O)N1[C@H]2CC(=O)OC. The molecule has 1 aromatic carbocycles. The molecule has 0 radical (unpaired) electrons. The molecule has 2 aliphatic heterocycles. The van der Waals surface area contributed by atoms with E-state index in [1.54, 1.807) is 0 Å². The van der Waals surface area contributed by atoms with Crippen LogP contribution in [0.15, 0.2) is 18.2 Å². The first-order chi connectivity index (χ1) is 13.5. The van der Waals surface area contributed by atoms with Crippen molar-refractivity contribution in [3.63, 3.8) is 0 Å². The first kappa shape index (κ1) is 21.3. The lowest BCUT2D eigenvalue weighted by molar-refractivity contribution is -0.141. The van der Waals surface area contributed by atoms with Gasteiger partial charge < -0.3 is 9.47 Å². The molecular formula is C17H16F3NO7S. The van der Waals surface area contributed by atoms with Gasteiger partial charge in [0, 0.05) is 6.08 Å². The number of benzene rings is 1. The van der Waals surface area contributed by atoms with Gasteiger partial charge in [0.15, 0.2) is 0 Å². The van der Waals surface area contributed by atoms with Gasteiger partial charge in [0.1, 0.15) is 0 Å². The number of hydrogen-bond donors (Lipinski definition) is 0. The third kappa shape index (κ3) is 3.87. The van der Waals surface area contributed by atoms with Gasteiger partial charge >= 0.3 is 28.4 Å². The Balaban J connectivity index is 2.23. The smallest absolute Gasteiger partial charge is 0.416 e. The summed E-state index contributed by atoms with van der Waals surface area (Å²) in [6.07, 6.45) is -3.19. The maximum Gasteiger partial charge on any atom is 0.416 e. The monoisotopic (exact) mass is 435 g/mol. The van der Waals surface area contributed by atoms with Crippen LogP contribution in [0.25, 0.3) is 6.08 Å². The van der Waals surface area contributed by atoms with Gasteiger partial charge in [-0.05, 0) is 34.9 Å². The molecule has 2 atom stereocenters. The van der Waals surface area contributed by atoms with Crippen LogP contribution in [0.5, 0.6) is 0 Å². The first-order valence-corrected chi connectivity index (χ1v) is 9.62. The highest BCUT2D eigenvalue weighted by Gasteiger charge is 2.53. The molecule has 29 heavy (non-hydrogen) atoms. The molecule has 12 heteroatoms. The van der Waals surface area contributed by atoms with Crippen LogP contribution in [-0.4, -0.2) is 45.5 Å². The number of halogens is 3. The number of methoxy groups -OCH3 is 2. The van der Waals surface area contributed by atoms with Crippen molar-refractivity contribution in [3.8, 4) is 0 Å². The van der Waals surface area contributed by atoms with Crippen LogP contribution in [0.1, 0.15) is 40.8 Å². The van der Waals surface area contributed by atoms with Crippen molar-refractivity contribution in [2.75, 3.05) is 20.8 Å². The van der Waals surface area contributed by atoms with Crippen molar-refractivity contribution < 1.29 is 44.8 Å². The molecule has 0 spiro atoms. The van der Waals surface area contributed by atoms with Crippen LogP contribution in [0, 0.1) is 0 Å². The van der Waals surface area contributed by atoms with E-state index < -0.39 is 52.5 Å². The number of alkyl halides is 3. The molecular weight excluding hydrogens is 419 g/mol. The number of rotatable bonds is 4. The average Bonchev–Trinajstić information content (AvgIpc) is 3.14. The Bertz CT molecular complexity index is 987. The lowest BCUT2D eigenvalue weighted by Gasteiger charge is -2.20. The van der Waals surface area contributed by atoms with Gasteiger partial charge in [-0.3, -0.25) is 8.98 Å². The van der Waals surface area contributed by atoms with Crippen LogP contribution in [0.3, 0.4) is 0 Å². The van der Waals surface area contributed by atoms with Crippen molar-refractivity contribution in [2.45, 2.75) is 24.7 Å². The van der Waals surface area contributed by atoms with Crippen LogP contribution < -0.4 is 0 Å². The van der Waals surface area contributed by atoms with Crippen molar-refractivity contribution in [2.24, 2.45) is 0 Å². The van der Waals surface area contributed by atoms with Gasteiger partial charge in [0.2, 0.25) is 0 Å². The second-order valence-electron chi connectivity index (χ2n) is 6.31. The fourth-order valence-electron chi connectivity index (χ4n) is 3.49. The summed E-state index contributed by atoms with van der Waals surface area (Å²) in [7, 11) is -2.08. The lowest BCUT2D eigenvalue weighted by Crippen LogP contribution is -2.28. The van der Waals surface area contributed by atoms with E-state index in [4.69, 9.17) is 4.18 Å². The summed E-state index contributed by atoms with van der Waals surface area (Å²) >= 11 is 0. The van der Waals surface area contributed by atoms with Crippen molar-refractivity contribution >= 4 is 28.3 Å². The molecule has 0 aromatic heterocycles. The highest BCUT2D eigenvalue weighted by atomic mass is 32.2. The minimum absolute atomic E-state index is 0.00613. The summed E-state index contributed by atoms with van der Waals surface area (Å²) in [5, 5.41) is 0. The molecule has 1 saturated heterocycles. The topological polar surface area (TPSA) is 99.2 Å². The highest BCUT2D eigenvalue weighted by Crippen LogP contribution is 2.52. The number of carbonyl (C=O) groups is 2. The highest BCUT2D eigenvalue weighted by molar-refractivity contribution is 7.84. The molecule has 0 saturated carbocycles. The second kappa shape index (κ2) is 7.43. The third-order valence-electron chi connectivity index (χ3n) is 4.70. The number of hydrogen-bond acceptors (Lipinski definition) is 7. The van der Waals surface area contributed by atoms with Gasteiger partial charge in [-0.2, -0.15) is 25.9 Å². The van der Waals surface area contributed by atoms with Crippen molar-refractivity contribution in [1.82, 2.24) is 4.31 Å². The van der Waals surface area contributed by atoms with E-state index in [0.717, 1.165) is 42.8 Å². The predicted octanol–water partition coefficient (Wildman–Crippen LogP) is 2.13. The summed E-state index contributed by atoms with van der Waals surface area (Å²) in [6, 6.07) is -0.555. The van der Waals surface area contributed by atoms with Gasteiger partial charge in [-0.15, -0.1) is 0 Å². The van der Waals surface area contributed by atoms with Crippen LogP contribution in [0.2, 0.25) is 0 Å². The molecule has 0 bridgehead atoms. The molecule has 0 N–H and O–H groups in total. The maximum atomic E-state index is 13.4. The number of esters is 2. The minimum atomic E-state index is -4.74. The zero-order valence-corrected chi connectivity index (χ0v) is 16.0. The molecule has 2 aliphatic rings. The Morgan fingerprint density at radius 2 is 1.97 bits per heavy atom. The molecule has 0 aliphatic carbocycles. The van der Waals surface area contributed by atoms with E-state index in [9.17, 15) is 31.2 Å². The van der Waals surface area contributed by atoms with Crippen molar-refractivity contribution in [3.05, 3.63) is 40.5 Å². The van der Waals surface area contributed by atoms with Gasteiger partial charge in [0.25, 0.3) is 0 Å². The molecule has 3 rings (SSSR count). The number of ether oxygens (including phenoxy) is 2. The molecule has 0 amide bonds. The molecule has 1 unspecified atom stereocenters. The fraction of sp³-hybridized carbons (Fsp3) is 0.412. The van der Waals surface area contributed by atoms with E-state index in [-0.39, 0.29) is 23.3 Å². The van der Waals surface area contributed by atoms with E-state index in [0.29, 0.717) is 0 Å². The minimum Gasteiger partial charge on any atom is -0.469 e. The van der Waals surface area contributed by atoms with Crippen LogP contribution in [-0.2, 0) is 39.7 Å². The van der Waals surface area contributed by atoms with Crippen LogP contribution in [0.4, 0.5) is 13.2 Å². The summed E-state index contributed by atoms with van der Waals surface area (Å²) in [4.78, 5) is 23.2. The van der Waals surface area contributed by atoms with E-state index in [1.807, 2.05) is 0 Å². The normalized spacial score (nSPS) is 23.1. The zero-order chi connectivity index (χ0) is 21.6. The second-order valence-corrected chi connectivity index (χ2v) is 7.82. The quantitative estimate of drug-likeness (QED) is 0.528.